The number of carbonyl (C=O) groups is 3. The van der Waals surface area contributed by atoms with E-state index < -0.39 is 27.7 Å². The fraction of sp³-hybridized carbons (Fsp3) is 0.435. The van der Waals surface area contributed by atoms with Gasteiger partial charge in [0.1, 0.15) is 5.00 Å². The highest BCUT2D eigenvalue weighted by atomic mass is 32.2. The molecule has 1 aromatic heterocycles. The maximum atomic E-state index is 13.0. The standard InChI is InChI=1S/C23H31N5O5S2/c1-5-6-12-28(4)35(32,33)17-9-7-16(8-10-17)21(30)24-23-20(22(31)26-25-15(2)29)18-11-13-27(3)14-19(18)34-23/h7-10H,5-6,11-14H2,1-4H3,(H,24,30)(H,25,29)(H,26,31). The summed E-state index contributed by atoms with van der Waals surface area (Å²) in [4.78, 5) is 40.3. The van der Waals surface area contributed by atoms with Crippen LogP contribution in [0.4, 0.5) is 5.00 Å². The second-order valence-corrected chi connectivity index (χ2v) is 11.6. The molecule has 0 atom stereocenters. The number of carbonyl (C=O) groups excluding carboxylic acids is 3. The zero-order chi connectivity index (χ0) is 25.8. The van der Waals surface area contributed by atoms with Crippen molar-refractivity contribution in [2.45, 2.75) is 44.6 Å². The van der Waals surface area contributed by atoms with Crippen LogP contribution in [0.5, 0.6) is 0 Å². The van der Waals surface area contributed by atoms with E-state index in [1.165, 1.54) is 53.9 Å². The molecule has 0 saturated carbocycles. The van der Waals surface area contributed by atoms with E-state index in [1.807, 2.05) is 14.0 Å². The van der Waals surface area contributed by atoms with Crippen LogP contribution in [0.3, 0.4) is 0 Å². The van der Waals surface area contributed by atoms with Crippen molar-refractivity contribution >= 4 is 44.1 Å². The number of sulfonamides is 1. The SMILES string of the molecule is CCCCN(C)S(=O)(=O)c1ccc(C(=O)Nc2sc3c(c2C(=O)NNC(C)=O)CCN(C)C3)cc1. The predicted molar refractivity (Wildman–Crippen MR) is 135 cm³/mol. The van der Waals surface area contributed by atoms with E-state index in [0.717, 1.165) is 29.8 Å². The van der Waals surface area contributed by atoms with Crippen LogP contribution in [-0.2, 0) is 27.8 Å². The summed E-state index contributed by atoms with van der Waals surface area (Å²) >= 11 is 1.32. The number of hydrogen-bond acceptors (Lipinski definition) is 7. The lowest BCUT2D eigenvalue weighted by atomic mass is 10.0. The van der Waals surface area contributed by atoms with Crippen LogP contribution in [0.25, 0.3) is 0 Å². The van der Waals surface area contributed by atoms with Gasteiger partial charge in [0, 0.05) is 44.0 Å². The molecule has 0 saturated heterocycles. The maximum Gasteiger partial charge on any atom is 0.272 e. The molecule has 0 aliphatic carbocycles. The smallest absolute Gasteiger partial charge is 0.272 e. The van der Waals surface area contributed by atoms with E-state index in [2.05, 4.69) is 21.1 Å². The van der Waals surface area contributed by atoms with Gasteiger partial charge in [-0.25, -0.2) is 12.7 Å². The lowest BCUT2D eigenvalue weighted by Crippen LogP contribution is -2.41. The van der Waals surface area contributed by atoms with E-state index >= 15 is 0 Å². The number of anilines is 1. The first kappa shape index (κ1) is 26.8. The number of likely N-dealkylation sites (N-methyl/N-ethyl adjacent to an activating group) is 1. The maximum absolute atomic E-state index is 13.0. The highest BCUT2D eigenvalue weighted by Gasteiger charge is 2.28. The van der Waals surface area contributed by atoms with E-state index in [-0.39, 0.29) is 10.5 Å². The number of nitrogens with zero attached hydrogens (tertiary/aromatic N) is 2. The molecule has 0 fully saturated rings. The molecule has 2 heterocycles. The highest BCUT2D eigenvalue weighted by Crippen LogP contribution is 2.37. The van der Waals surface area contributed by atoms with Crippen molar-refractivity contribution in [3.63, 3.8) is 0 Å². The molecule has 12 heteroatoms. The van der Waals surface area contributed by atoms with Gasteiger partial charge in [0.25, 0.3) is 11.8 Å². The Kier molecular flexibility index (Phi) is 8.65. The number of fused-ring (bicyclic) bond motifs is 1. The fourth-order valence-corrected chi connectivity index (χ4v) is 6.23. The number of thiophene rings is 1. The number of amides is 3. The summed E-state index contributed by atoms with van der Waals surface area (Å²) in [6.45, 7) is 5.11. The molecule has 0 unspecified atom stereocenters. The Bertz CT molecular complexity index is 1210. The largest absolute Gasteiger partial charge is 0.313 e. The molecule has 3 amide bonds. The molecule has 0 spiro atoms. The lowest BCUT2D eigenvalue weighted by Gasteiger charge is -2.22. The van der Waals surface area contributed by atoms with Crippen molar-refractivity contribution in [1.29, 1.82) is 0 Å². The van der Waals surface area contributed by atoms with Crippen LogP contribution >= 0.6 is 11.3 Å². The number of rotatable bonds is 8. The van der Waals surface area contributed by atoms with Crippen LogP contribution in [0, 0.1) is 0 Å². The minimum atomic E-state index is -3.64. The Balaban J connectivity index is 1.83. The minimum absolute atomic E-state index is 0.109. The quantitative estimate of drug-likeness (QED) is 0.457. The van der Waals surface area contributed by atoms with Crippen LogP contribution in [0.2, 0.25) is 0 Å². The summed E-state index contributed by atoms with van der Waals surface area (Å²) in [5.41, 5.74) is 6.11. The average Bonchev–Trinajstić information content (AvgIpc) is 3.17. The van der Waals surface area contributed by atoms with Gasteiger partial charge in [-0.05, 0) is 49.7 Å². The Labute approximate surface area is 209 Å². The van der Waals surface area contributed by atoms with Gasteiger partial charge in [0.2, 0.25) is 15.9 Å². The summed E-state index contributed by atoms with van der Waals surface area (Å²) < 4.78 is 26.8. The van der Waals surface area contributed by atoms with Crippen molar-refractivity contribution < 1.29 is 22.8 Å². The van der Waals surface area contributed by atoms with Crippen molar-refractivity contribution in [1.82, 2.24) is 20.1 Å². The summed E-state index contributed by atoms with van der Waals surface area (Å²) in [5, 5.41) is 3.19. The van der Waals surface area contributed by atoms with E-state index in [1.54, 1.807) is 0 Å². The van der Waals surface area contributed by atoms with Gasteiger partial charge < -0.3 is 10.2 Å². The molecule has 1 aliphatic heterocycles. The van der Waals surface area contributed by atoms with Crippen LogP contribution in [0.1, 0.15) is 57.8 Å². The molecular weight excluding hydrogens is 490 g/mol. The first-order chi connectivity index (χ1) is 16.5. The second-order valence-electron chi connectivity index (χ2n) is 8.49. The predicted octanol–water partition coefficient (Wildman–Crippen LogP) is 2.19. The summed E-state index contributed by atoms with van der Waals surface area (Å²) in [6.07, 6.45) is 2.28. The molecule has 3 N–H and O–H groups in total. The highest BCUT2D eigenvalue weighted by molar-refractivity contribution is 7.89. The van der Waals surface area contributed by atoms with Gasteiger partial charge >= 0.3 is 0 Å². The van der Waals surface area contributed by atoms with Crippen LogP contribution in [-0.4, -0.2) is 62.5 Å². The third-order valence-corrected chi connectivity index (χ3v) is 8.71. The number of benzene rings is 1. The Hall–Kier alpha value is -2.80. The van der Waals surface area contributed by atoms with Crippen LogP contribution < -0.4 is 16.2 Å². The Morgan fingerprint density at radius 3 is 2.43 bits per heavy atom. The van der Waals surface area contributed by atoms with Gasteiger partial charge in [-0.1, -0.05) is 13.3 Å². The molecule has 3 rings (SSSR count). The molecule has 190 valence electrons. The summed E-state index contributed by atoms with van der Waals surface area (Å²) in [5.74, 6) is -1.38. The average molecular weight is 522 g/mol. The third kappa shape index (κ3) is 6.26. The molecule has 2 aromatic rings. The van der Waals surface area contributed by atoms with Gasteiger partial charge in [-0.15, -0.1) is 11.3 Å². The number of hydrazine groups is 1. The monoisotopic (exact) mass is 521 g/mol. The van der Waals surface area contributed by atoms with Gasteiger partial charge in [-0.2, -0.15) is 0 Å². The van der Waals surface area contributed by atoms with Crippen molar-refractivity contribution in [3.05, 3.63) is 45.8 Å². The third-order valence-electron chi connectivity index (χ3n) is 5.71. The van der Waals surface area contributed by atoms with E-state index in [9.17, 15) is 22.8 Å². The lowest BCUT2D eigenvalue weighted by molar-refractivity contribution is -0.119. The molecule has 0 bridgehead atoms. The van der Waals surface area contributed by atoms with E-state index in [4.69, 9.17) is 0 Å². The first-order valence-electron chi connectivity index (χ1n) is 11.3. The number of unbranched alkanes of at least 4 members (excludes halogenated alkanes) is 1. The summed E-state index contributed by atoms with van der Waals surface area (Å²) in [7, 11) is -0.123. The zero-order valence-electron chi connectivity index (χ0n) is 20.3. The molecule has 35 heavy (non-hydrogen) atoms. The van der Waals surface area contributed by atoms with Crippen LogP contribution in [0.15, 0.2) is 29.2 Å². The summed E-state index contributed by atoms with van der Waals surface area (Å²) in [6, 6.07) is 5.72. The number of hydrogen-bond donors (Lipinski definition) is 3. The minimum Gasteiger partial charge on any atom is -0.313 e. The van der Waals surface area contributed by atoms with Crippen molar-refractivity contribution in [2.24, 2.45) is 0 Å². The van der Waals surface area contributed by atoms with E-state index in [0.29, 0.717) is 30.1 Å². The molecule has 1 aliphatic rings. The Morgan fingerprint density at radius 1 is 1.11 bits per heavy atom. The first-order valence-corrected chi connectivity index (χ1v) is 13.6. The molecule has 10 nitrogen and oxygen atoms in total. The normalized spacial score (nSPS) is 13.9. The van der Waals surface area contributed by atoms with Crippen molar-refractivity contribution in [2.75, 3.05) is 32.5 Å². The second kappa shape index (κ2) is 11.3. The number of nitrogens with one attached hydrogen (secondary N) is 3. The molecule has 0 radical (unpaired) electrons. The van der Waals surface area contributed by atoms with Crippen molar-refractivity contribution in [3.8, 4) is 0 Å². The van der Waals surface area contributed by atoms with Gasteiger partial charge in [-0.3, -0.25) is 25.2 Å². The zero-order valence-corrected chi connectivity index (χ0v) is 21.9. The fourth-order valence-electron chi connectivity index (χ4n) is 3.70. The van der Waals surface area contributed by atoms with Gasteiger partial charge in [0.05, 0.1) is 10.5 Å². The molecule has 1 aromatic carbocycles. The van der Waals surface area contributed by atoms with Gasteiger partial charge in [0.15, 0.2) is 0 Å². The Morgan fingerprint density at radius 2 is 1.80 bits per heavy atom. The topological polar surface area (TPSA) is 128 Å². The molecular formula is C23H31N5O5S2.